The van der Waals surface area contributed by atoms with Crippen LogP contribution in [0.2, 0.25) is 0 Å². The second-order valence-corrected chi connectivity index (χ2v) is 6.17. The molecule has 1 amide bonds. The number of nitrogens with zero attached hydrogens (tertiary/aromatic N) is 6. The average Bonchev–Trinajstić information content (AvgIpc) is 3.30. The first-order chi connectivity index (χ1) is 12.8. The van der Waals surface area contributed by atoms with Crippen molar-refractivity contribution in [2.45, 2.75) is 26.2 Å². The van der Waals surface area contributed by atoms with E-state index in [-0.39, 0.29) is 12.3 Å². The molecule has 136 valence electrons. The van der Waals surface area contributed by atoms with Crippen LogP contribution in [-0.4, -0.2) is 61.8 Å². The van der Waals surface area contributed by atoms with Gasteiger partial charge in [-0.1, -0.05) is 12.1 Å². The van der Waals surface area contributed by atoms with Crippen LogP contribution in [0.25, 0.3) is 17.1 Å². The fourth-order valence-electron chi connectivity index (χ4n) is 3.00. The van der Waals surface area contributed by atoms with E-state index in [2.05, 4.69) is 27.3 Å². The number of hydrogen-bond donors (Lipinski definition) is 0. The smallest absolute Gasteiger partial charge is 0.261 e. The van der Waals surface area contributed by atoms with Crippen molar-refractivity contribution in [2.24, 2.45) is 0 Å². The lowest BCUT2D eigenvalue weighted by Crippen LogP contribution is -2.41. The molecule has 0 atom stereocenters. The molecular weight excluding hydrogens is 336 g/mol. The molecule has 0 bridgehead atoms. The molecule has 9 heteroatoms. The molecule has 1 saturated heterocycles. The minimum atomic E-state index is 0.0241. The first kappa shape index (κ1) is 16.6. The van der Waals surface area contributed by atoms with E-state index in [4.69, 9.17) is 9.26 Å². The maximum atomic E-state index is 12.5. The second kappa shape index (κ2) is 7.20. The van der Waals surface area contributed by atoms with Crippen molar-refractivity contribution in [3.05, 3.63) is 30.0 Å². The van der Waals surface area contributed by atoms with Crippen molar-refractivity contribution < 1.29 is 14.1 Å². The van der Waals surface area contributed by atoms with Crippen molar-refractivity contribution in [1.29, 1.82) is 0 Å². The van der Waals surface area contributed by atoms with Gasteiger partial charge in [-0.3, -0.25) is 9.20 Å². The largest absolute Gasteiger partial charge is 0.378 e. The van der Waals surface area contributed by atoms with Crippen LogP contribution < -0.4 is 0 Å². The number of aromatic nitrogens is 5. The van der Waals surface area contributed by atoms with Gasteiger partial charge in [0.15, 0.2) is 11.5 Å². The monoisotopic (exact) mass is 356 g/mol. The van der Waals surface area contributed by atoms with Crippen LogP contribution in [0.5, 0.6) is 0 Å². The Kier molecular flexibility index (Phi) is 4.61. The van der Waals surface area contributed by atoms with Gasteiger partial charge in [-0.05, 0) is 18.6 Å². The summed E-state index contributed by atoms with van der Waals surface area (Å²) in [6, 6.07) is 3.72. The Morgan fingerprint density at radius 1 is 1.27 bits per heavy atom. The summed E-state index contributed by atoms with van der Waals surface area (Å²) in [5, 5.41) is 12.4. The van der Waals surface area contributed by atoms with E-state index in [0.717, 1.165) is 12.8 Å². The molecule has 3 aromatic rings. The average molecular weight is 356 g/mol. The number of pyridine rings is 1. The van der Waals surface area contributed by atoms with E-state index in [0.29, 0.717) is 55.1 Å². The molecule has 0 aromatic carbocycles. The third kappa shape index (κ3) is 3.17. The summed E-state index contributed by atoms with van der Waals surface area (Å²) < 4.78 is 12.5. The zero-order valence-electron chi connectivity index (χ0n) is 14.6. The van der Waals surface area contributed by atoms with Gasteiger partial charge in [-0.2, -0.15) is 4.98 Å². The highest BCUT2D eigenvalue weighted by Gasteiger charge is 2.21. The molecule has 4 heterocycles. The number of carbonyl (C=O) groups excluding carboxylic acids is 1. The normalized spacial score (nSPS) is 14.9. The van der Waals surface area contributed by atoms with Crippen LogP contribution in [0, 0.1) is 0 Å². The Balaban J connectivity index is 1.61. The molecule has 0 saturated carbocycles. The lowest BCUT2D eigenvalue weighted by atomic mass is 10.2. The fraction of sp³-hybridized carbons (Fsp3) is 0.471. The molecule has 0 aliphatic carbocycles. The van der Waals surface area contributed by atoms with E-state index in [1.807, 2.05) is 18.3 Å². The Bertz CT molecular complexity index is 912. The van der Waals surface area contributed by atoms with Gasteiger partial charge in [-0.15, -0.1) is 10.2 Å². The lowest BCUT2D eigenvalue weighted by molar-refractivity contribution is -0.134. The molecule has 0 N–H and O–H groups in total. The van der Waals surface area contributed by atoms with E-state index >= 15 is 0 Å². The van der Waals surface area contributed by atoms with Crippen molar-refractivity contribution >= 4 is 11.6 Å². The summed E-state index contributed by atoms with van der Waals surface area (Å²) in [7, 11) is 0. The summed E-state index contributed by atoms with van der Waals surface area (Å²) in [5.74, 6) is 1.70. The van der Waals surface area contributed by atoms with Gasteiger partial charge < -0.3 is 14.2 Å². The van der Waals surface area contributed by atoms with Crippen LogP contribution in [0.15, 0.2) is 22.9 Å². The third-order valence-corrected chi connectivity index (χ3v) is 4.35. The standard InChI is InChI=1S/C17H20N6O3/c1-2-4-13-18-17(26-21-13)12-5-3-6-23-14(19-20-16(12)23)11-15(24)22-7-9-25-10-8-22/h3,5-6H,2,4,7-11H2,1H3. The number of morpholine rings is 1. The number of carbonyl (C=O) groups is 1. The molecule has 0 radical (unpaired) electrons. The number of ether oxygens (including phenoxy) is 1. The third-order valence-electron chi connectivity index (χ3n) is 4.35. The zero-order chi connectivity index (χ0) is 17.9. The molecule has 0 spiro atoms. The van der Waals surface area contributed by atoms with Gasteiger partial charge in [0.1, 0.15) is 5.82 Å². The van der Waals surface area contributed by atoms with Gasteiger partial charge in [0.25, 0.3) is 5.89 Å². The number of rotatable bonds is 5. The highest BCUT2D eigenvalue weighted by atomic mass is 16.5. The predicted molar refractivity (Wildman–Crippen MR) is 91.4 cm³/mol. The quantitative estimate of drug-likeness (QED) is 0.676. The molecule has 4 rings (SSSR count). The first-order valence-electron chi connectivity index (χ1n) is 8.77. The summed E-state index contributed by atoms with van der Waals surface area (Å²) >= 11 is 0. The molecule has 1 aliphatic rings. The lowest BCUT2D eigenvalue weighted by Gasteiger charge is -2.26. The van der Waals surface area contributed by atoms with Crippen molar-refractivity contribution in [2.75, 3.05) is 26.3 Å². The summed E-state index contributed by atoms with van der Waals surface area (Å²) in [4.78, 5) is 18.7. The molecular formula is C17H20N6O3. The molecule has 26 heavy (non-hydrogen) atoms. The fourth-order valence-corrected chi connectivity index (χ4v) is 3.00. The first-order valence-corrected chi connectivity index (χ1v) is 8.77. The Hall–Kier alpha value is -2.81. The van der Waals surface area contributed by atoms with Crippen LogP contribution in [0.1, 0.15) is 25.0 Å². The van der Waals surface area contributed by atoms with E-state index < -0.39 is 0 Å². The highest BCUT2D eigenvalue weighted by Crippen LogP contribution is 2.22. The van der Waals surface area contributed by atoms with Gasteiger partial charge >= 0.3 is 0 Å². The highest BCUT2D eigenvalue weighted by molar-refractivity contribution is 5.79. The van der Waals surface area contributed by atoms with Crippen molar-refractivity contribution in [3.8, 4) is 11.5 Å². The van der Waals surface area contributed by atoms with Gasteiger partial charge in [0, 0.05) is 25.7 Å². The van der Waals surface area contributed by atoms with E-state index in [9.17, 15) is 4.79 Å². The Morgan fingerprint density at radius 3 is 2.92 bits per heavy atom. The van der Waals surface area contributed by atoms with Crippen LogP contribution >= 0.6 is 0 Å². The second-order valence-electron chi connectivity index (χ2n) is 6.17. The van der Waals surface area contributed by atoms with Gasteiger partial charge in [-0.25, -0.2) is 0 Å². The Labute approximate surface area is 150 Å². The predicted octanol–water partition coefficient (Wildman–Crippen LogP) is 1.13. The van der Waals surface area contributed by atoms with Crippen molar-refractivity contribution in [3.63, 3.8) is 0 Å². The number of hydrogen-bond acceptors (Lipinski definition) is 7. The number of fused-ring (bicyclic) bond motifs is 1. The number of amides is 1. The molecule has 9 nitrogen and oxygen atoms in total. The summed E-state index contributed by atoms with van der Waals surface area (Å²) in [5.41, 5.74) is 1.31. The van der Waals surface area contributed by atoms with Gasteiger partial charge in [0.05, 0.1) is 25.2 Å². The Morgan fingerprint density at radius 2 is 2.12 bits per heavy atom. The maximum absolute atomic E-state index is 12.5. The maximum Gasteiger partial charge on any atom is 0.261 e. The van der Waals surface area contributed by atoms with Crippen molar-refractivity contribution in [1.82, 2.24) is 29.6 Å². The SMILES string of the molecule is CCCc1noc(-c2cccn3c(CC(=O)N4CCOCC4)nnc23)n1. The van der Waals surface area contributed by atoms with Crippen LogP contribution in [-0.2, 0) is 22.4 Å². The molecule has 0 unspecified atom stereocenters. The zero-order valence-corrected chi connectivity index (χ0v) is 14.6. The topological polar surface area (TPSA) is 98.7 Å². The molecule has 3 aromatic heterocycles. The minimum Gasteiger partial charge on any atom is -0.378 e. The molecule has 1 fully saturated rings. The van der Waals surface area contributed by atoms with Crippen LogP contribution in [0.3, 0.4) is 0 Å². The number of aryl methyl sites for hydroxylation is 1. The summed E-state index contributed by atoms with van der Waals surface area (Å²) in [6.45, 7) is 4.44. The van der Waals surface area contributed by atoms with E-state index in [1.165, 1.54) is 0 Å². The minimum absolute atomic E-state index is 0.0241. The van der Waals surface area contributed by atoms with Gasteiger partial charge in [0.2, 0.25) is 5.91 Å². The van der Waals surface area contributed by atoms with Crippen LogP contribution in [0.4, 0.5) is 0 Å². The molecule has 1 aliphatic heterocycles. The summed E-state index contributed by atoms with van der Waals surface area (Å²) in [6.07, 6.45) is 3.74. The van der Waals surface area contributed by atoms with E-state index in [1.54, 1.807) is 9.30 Å².